The molecule has 98 valence electrons. The molecular formula is C10H9F3N2O3. The Balaban J connectivity index is 2.97. The van der Waals surface area contributed by atoms with Crippen molar-refractivity contribution in [1.82, 2.24) is 9.88 Å². The molecule has 8 heteroatoms. The topological polar surface area (TPSA) is 70.5 Å². The predicted molar refractivity (Wildman–Crippen MR) is 53.8 cm³/mol. The number of amides is 1. The van der Waals surface area contributed by atoms with Crippen molar-refractivity contribution >= 4 is 11.9 Å². The maximum Gasteiger partial charge on any atom is 0.417 e. The molecule has 0 unspecified atom stereocenters. The van der Waals surface area contributed by atoms with Gasteiger partial charge < -0.3 is 10.0 Å². The van der Waals surface area contributed by atoms with Crippen molar-refractivity contribution in [2.24, 2.45) is 0 Å². The molecule has 0 saturated heterocycles. The summed E-state index contributed by atoms with van der Waals surface area (Å²) in [5, 5.41) is 8.47. The molecule has 0 saturated carbocycles. The number of carbonyl (C=O) groups excluding carboxylic acids is 1. The van der Waals surface area contributed by atoms with Crippen molar-refractivity contribution in [2.75, 3.05) is 13.6 Å². The number of halogens is 3. The average Bonchev–Trinajstić information content (AvgIpc) is 2.26. The number of aliphatic carboxylic acids is 1. The monoisotopic (exact) mass is 262 g/mol. The molecule has 0 aromatic carbocycles. The second-order valence-electron chi connectivity index (χ2n) is 3.52. The number of alkyl halides is 3. The van der Waals surface area contributed by atoms with Crippen LogP contribution in [0.4, 0.5) is 13.2 Å². The first-order valence-corrected chi connectivity index (χ1v) is 4.71. The second-order valence-corrected chi connectivity index (χ2v) is 3.52. The van der Waals surface area contributed by atoms with E-state index < -0.39 is 30.2 Å². The zero-order valence-electron chi connectivity index (χ0n) is 9.23. The Morgan fingerprint density at radius 3 is 2.50 bits per heavy atom. The fourth-order valence-corrected chi connectivity index (χ4v) is 1.21. The van der Waals surface area contributed by atoms with Gasteiger partial charge in [0.25, 0.3) is 5.91 Å². The molecule has 0 bridgehead atoms. The van der Waals surface area contributed by atoms with Gasteiger partial charge in [-0.05, 0) is 6.07 Å². The molecule has 1 aromatic heterocycles. The number of hydrogen-bond acceptors (Lipinski definition) is 3. The van der Waals surface area contributed by atoms with Crippen molar-refractivity contribution < 1.29 is 27.9 Å². The van der Waals surface area contributed by atoms with Crippen molar-refractivity contribution in [3.05, 3.63) is 29.6 Å². The molecule has 0 fully saturated rings. The normalized spacial score (nSPS) is 11.1. The van der Waals surface area contributed by atoms with Gasteiger partial charge in [-0.3, -0.25) is 14.6 Å². The smallest absolute Gasteiger partial charge is 0.417 e. The standard InChI is InChI=1S/C10H9F3N2O3/c1-15(5-8(16)17)9(18)6-2-7(4-14-3-6)10(11,12)13/h2-4H,5H2,1H3,(H,16,17). The van der Waals surface area contributed by atoms with Gasteiger partial charge in [-0.15, -0.1) is 0 Å². The van der Waals surface area contributed by atoms with Gasteiger partial charge in [0.2, 0.25) is 0 Å². The number of aromatic nitrogens is 1. The number of likely N-dealkylation sites (N-methyl/N-ethyl adjacent to an activating group) is 1. The summed E-state index contributed by atoms with van der Waals surface area (Å²) in [6, 6.07) is 0.633. The molecule has 18 heavy (non-hydrogen) atoms. The van der Waals surface area contributed by atoms with Gasteiger partial charge in [0.1, 0.15) is 6.54 Å². The maximum atomic E-state index is 12.4. The van der Waals surface area contributed by atoms with Crippen LogP contribution in [-0.2, 0) is 11.0 Å². The first-order chi connectivity index (χ1) is 8.21. The highest BCUT2D eigenvalue weighted by Gasteiger charge is 2.31. The Morgan fingerprint density at radius 1 is 1.39 bits per heavy atom. The number of rotatable bonds is 3. The predicted octanol–water partition coefficient (Wildman–Crippen LogP) is 1.26. The Labute approximate surface area is 99.8 Å². The van der Waals surface area contributed by atoms with E-state index in [1.165, 1.54) is 7.05 Å². The van der Waals surface area contributed by atoms with Crippen molar-refractivity contribution in [2.45, 2.75) is 6.18 Å². The average molecular weight is 262 g/mol. The lowest BCUT2D eigenvalue weighted by Crippen LogP contribution is -2.32. The van der Waals surface area contributed by atoms with Crippen LogP contribution < -0.4 is 0 Å². The van der Waals surface area contributed by atoms with E-state index in [9.17, 15) is 22.8 Å². The Bertz CT molecular complexity index is 474. The number of carbonyl (C=O) groups is 2. The van der Waals surface area contributed by atoms with E-state index in [1.807, 2.05) is 0 Å². The molecule has 5 nitrogen and oxygen atoms in total. The zero-order valence-corrected chi connectivity index (χ0v) is 9.23. The van der Waals surface area contributed by atoms with Crippen LogP contribution in [0.2, 0.25) is 0 Å². The summed E-state index contributed by atoms with van der Waals surface area (Å²) >= 11 is 0. The van der Waals surface area contributed by atoms with Gasteiger partial charge in [-0.1, -0.05) is 0 Å². The summed E-state index contributed by atoms with van der Waals surface area (Å²) < 4.78 is 37.2. The quantitative estimate of drug-likeness (QED) is 0.890. The van der Waals surface area contributed by atoms with Crippen LogP contribution in [0.3, 0.4) is 0 Å². The van der Waals surface area contributed by atoms with Crippen LogP contribution in [0, 0.1) is 0 Å². The number of hydrogen-bond donors (Lipinski definition) is 1. The van der Waals surface area contributed by atoms with Gasteiger partial charge in [0, 0.05) is 19.4 Å². The Hall–Kier alpha value is -2.12. The third kappa shape index (κ3) is 3.44. The van der Waals surface area contributed by atoms with E-state index in [0.717, 1.165) is 11.1 Å². The molecule has 1 N–H and O–H groups in total. The highest BCUT2D eigenvalue weighted by molar-refractivity contribution is 5.95. The minimum atomic E-state index is -4.60. The molecule has 0 atom stereocenters. The first-order valence-electron chi connectivity index (χ1n) is 4.71. The fraction of sp³-hybridized carbons (Fsp3) is 0.300. The van der Waals surface area contributed by atoms with E-state index in [4.69, 9.17) is 5.11 Å². The number of nitrogens with zero attached hydrogens (tertiary/aromatic N) is 2. The fourth-order valence-electron chi connectivity index (χ4n) is 1.21. The molecule has 1 amide bonds. The summed E-state index contributed by atoms with van der Waals surface area (Å²) in [4.78, 5) is 26.1. The van der Waals surface area contributed by atoms with Crippen LogP contribution in [0.1, 0.15) is 15.9 Å². The lowest BCUT2D eigenvalue weighted by atomic mass is 10.2. The Morgan fingerprint density at radius 2 is 2.00 bits per heavy atom. The number of carboxylic acid groups (broad SMARTS) is 1. The molecule has 0 spiro atoms. The minimum absolute atomic E-state index is 0.312. The molecule has 1 heterocycles. The lowest BCUT2D eigenvalue weighted by Gasteiger charge is -2.15. The van der Waals surface area contributed by atoms with Gasteiger partial charge in [0.15, 0.2) is 0 Å². The summed E-state index contributed by atoms with van der Waals surface area (Å²) in [6.07, 6.45) is -3.06. The third-order valence-electron chi connectivity index (χ3n) is 2.03. The van der Waals surface area contributed by atoms with Crippen molar-refractivity contribution in [3.8, 4) is 0 Å². The first kappa shape index (κ1) is 13.9. The summed E-state index contributed by atoms with van der Waals surface area (Å²) in [5.41, 5.74) is -1.37. The van der Waals surface area contributed by atoms with Gasteiger partial charge >= 0.3 is 12.1 Å². The van der Waals surface area contributed by atoms with Crippen LogP contribution >= 0.6 is 0 Å². The molecule has 1 rings (SSSR count). The van der Waals surface area contributed by atoms with Crippen molar-refractivity contribution in [1.29, 1.82) is 0 Å². The second kappa shape index (κ2) is 5.03. The summed E-state index contributed by atoms with van der Waals surface area (Å²) in [5.74, 6) is -2.10. The molecule has 0 aliphatic rings. The number of pyridine rings is 1. The maximum absolute atomic E-state index is 12.4. The van der Waals surface area contributed by atoms with Crippen LogP contribution in [0.15, 0.2) is 18.5 Å². The third-order valence-corrected chi connectivity index (χ3v) is 2.03. The van der Waals surface area contributed by atoms with Crippen LogP contribution in [0.25, 0.3) is 0 Å². The molecular weight excluding hydrogens is 253 g/mol. The highest BCUT2D eigenvalue weighted by Crippen LogP contribution is 2.29. The minimum Gasteiger partial charge on any atom is -0.480 e. The van der Waals surface area contributed by atoms with Crippen molar-refractivity contribution in [3.63, 3.8) is 0 Å². The molecule has 0 aliphatic carbocycles. The number of carboxylic acids is 1. The SMILES string of the molecule is CN(CC(=O)O)C(=O)c1cncc(C(F)(F)F)c1. The van der Waals surface area contributed by atoms with E-state index in [-0.39, 0.29) is 5.56 Å². The summed E-state index contributed by atoms with van der Waals surface area (Å²) in [6.45, 7) is -0.602. The molecule has 0 aliphatic heterocycles. The van der Waals surface area contributed by atoms with Crippen LogP contribution in [-0.4, -0.2) is 40.5 Å². The van der Waals surface area contributed by atoms with Gasteiger partial charge in [-0.25, -0.2) is 0 Å². The summed E-state index contributed by atoms with van der Waals surface area (Å²) in [7, 11) is 1.18. The molecule has 0 radical (unpaired) electrons. The highest BCUT2D eigenvalue weighted by atomic mass is 19.4. The zero-order chi connectivity index (χ0) is 13.9. The van der Waals surface area contributed by atoms with E-state index in [2.05, 4.69) is 4.98 Å². The largest absolute Gasteiger partial charge is 0.480 e. The van der Waals surface area contributed by atoms with E-state index in [1.54, 1.807) is 0 Å². The molecule has 1 aromatic rings. The van der Waals surface area contributed by atoms with Crippen LogP contribution in [0.5, 0.6) is 0 Å². The van der Waals surface area contributed by atoms with E-state index in [0.29, 0.717) is 12.3 Å². The lowest BCUT2D eigenvalue weighted by molar-refractivity contribution is -0.138. The van der Waals surface area contributed by atoms with Gasteiger partial charge in [0.05, 0.1) is 11.1 Å². The van der Waals surface area contributed by atoms with E-state index >= 15 is 0 Å². The van der Waals surface area contributed by atoms with Gasteiger partial charge in [-0.2, -0.15) is 13.2 Å². The Kier molecular flexibility index (Phi) is 3.89.